The number of nitrogens with one attached hydrogen (secondary N) is 1. The monoisotopic (exact) mass is 539 g/mol. The van der Waals surface area contributed by atoms with Gasteiger partial charge in [0.25, 0.3) is 5.56 Å². The Kier molecular flexibility index (Phi) is 9.00. The van der Waals surface area contributed by atoms with Gasteiger partial charge in [-0.05, 0) is 63.1 Å². The predicted molar refractivity (Wildman–Crippen MR) is 143 cm³/mol. The van der Waals surface area contributed by atoms with Crippen LogP contribution in [0.3, 0.4) is 0 Å². The second-order valence-electron chi connectivity index (χ2n) is 9.78. The number of nitrogens with zero attached hydrogens (tertiary/aromatic N) is 1. The van der Waals surface area contributed by atoms with Gasteiger partial charge in [-0.3, -0.25) is 19.0 Å². The highest BCUT2D eigenvalue weighted by Gasteiger charge is 2.32. The van der Waals surface area contributed by atoms with E-state index in [0.29, 0.717) is 17.3 Å². The summed E-state index contributed by atoms with van der Waals surface area (Å²) in [5.41, 5.74) is 4.76. The van der Waals surface area contributed by atoms with E-state index in [9.17, 15) is 28.0 Å². The van der Waals surface area contributed by atoms with Crippen LogP contribution in [0.25, 0.3) is 5.69 Å². The van der Waals surface area contributed by atoms with Gasteiger partial charge in [0, 0.05) is 12.1 Å². The number of nitrogen functional groups attached to an aromatic ring is 1. The third kappa shape index (κ3) is 6.95. The molecule has 0 bridgehead atoms. The molecule has 0 aliphatic heterocycles. The molecule has 0 saturated carbocycles. The Bertz CT molecular complexity index is 1450. The summed E-state index contributed by atoms with van der Waals surface area (Å²) in [5.74, 6) is -3.85. The number of halogens is 2. The van der Waals surface area contributed by atoms with E-state index in [1.807, 2.05) is 6.92 Å². The van der Waals surface area contributed by atoms with Crippen LogP contribution >= 0.6 is 0 Å². The molecule has 3 N–H and O–H groups in total. The lowest BCUT2D eigenvalue weighted by Crippen LogP contribution is -2.51. The number of hydrogen-bond acceptors (Lipinski definition) is 6. The zero-order valence-electron chi connectivity index (χ0n) is 22.2. The van der Waals surface area contributed by atoms with E-state index in [4.69, 9.17) is 10.5 Å². The number of anilines is 1. The number of ether oxygens (including phenoxy) is 1. The van der Waals surface area contributed by atoms with Crippen LogP contribution in [0.2, 0.25) is 0 Å². The highest BCUT2D eigenvalue weighted by Crippen LogP contribution is 2.21. The molecule has 0 aliphatic rings. The molecule has 39 heavy (non-hydrogen) atoms. The van der Waals surface area contributed by atoms with Gasteiger partial charge in [-0.25, -0.2) is 13.6 Å². The number of benzene rings is 2. The van der Waals surface area contributed by atoms with Gasteiger partial charge in [-0.1, -0.05) is 25.5 Å². The fraction of sp³-hybridized carbons (Fsp3) is 0.310. The normalized spacial score (nSPS) is 12.1. The summed E-state index contributed by atoms with van der Waals surface area (Å²) >= 11 is 0. The van der Waals surface area contributed by atoms with Crippen LogP contribution in [0.5, 0.6) is 0 Å². The van der Waals surface area contributed by atoms with Crippen LogP contribution in [-0.4, -0.2) is 33.9 Å². The van der Waals surface area contributed by atoms with E-state index in [1.165, 1.54) is 6.07 Å². The van der Waals surface area contributed by atoms with Gasteiger partial charge >= 0.3 is 5.97 Å². The quantitative estimate of drug-likeness (QED) is 0.296. The Morgan fingerprint density at radius 2 is 1.67 bits per heavy atom. The van der Waals surface area contributed by atoms with E-state index in [2.05, 4.69) is 5.32 Å². The maximum Gasteiger partial charge on any atom is 0.331 e. The van der Waals surface area contributed by atoms with Gasteiger partial charge in [-0.2, -0.15) is 0 Å². The van der Waals surface area contributed by atoms with Crippen molar-refractivity contribution in [3.05, 3.63) is 93.3 Å². The maximum absolute atomic E-state index is 14.2. The van der Waals surface area contributed by atoms with Crippen LogP contribution in [0, 0.1) is 11.6 Å². The van der Waals surface area contributed by atoms with Gasteiger partial charge in [0.2, 0.25) is 5.91 Å². The van der Waals surface area contributed by atoms with Crippen LogP contribution in [0.15, 0.2) is 59.4 Å². The van der Waals surface area contributed by atoms with E-state index in [-0.39, 0.29) is 29.5 Å². The summed E-state index contributed by atoms with van der Waals surface area (Å²) in [4.78, 5) is 50.6. The number of hydrogen-bond donors (Lipinski definition) is 2. The molecule has 0 radical (unpaired) electrons. The maximum atomic E-state index is 14.2. The molecule has 3 aromatic rings. The lowest BCUT2D eigenvalue weighted by Gasteiger charge is -2.26. The fourth-order valence-electron chi connectivity index (χ4n) is 4.02. The average Bonchev–Trinajstić information content (AvgIpc) is 2.84. The van der Waals surface area contributed by atoms with Crippen molar-refractivity contribution in [3.8, 4) is 5.69 Å². The summed E-state index contributed by atoms with van der Waals surface area (Å²) in [6.45, 7) is 6.91. The first-order chi connectivity index (χ1) is 18.3. The summed E-state index contributed by atoms with van der Waals surface area (Å²) in [6.07, 6.45) is 1.28. The number of pyridine rings is 1. The summed E-state index contributed by atoms with van der Waals surface area (Å²) in [6, 6.07) is 11.1. The number of esters is 1. The van der Waals surface area contributed by atoms with Crippen molar-refractivity contribution in [1.29, 1.82) is 0 Å². The van der Waals surface area contributed by atoms with Crippen molar-refractivity contribution < 1.29 is 27.9 Å². The Labute approximate surface area is 224 Å². The number of aromatic nitrogens is 1. The number of rotatable bonds is 10. The van der Waals surface area contributed by atoms with E-state index >= 15 is 0 Å². The van der Waals surface area contributed by atoms with Crippen molar-refractivity contribution in [2.45, 2.75) is 58.6 Å². The number of carbonyl (C=O) groups is 3. The minimum absolute atomic E-state index is 0.0474. The Balaban J connectivity index is 1.77. The molecule has 3 rings (SSSR count). The summed E-state index contributed by atoms with van der Waals surface area (Å²) in [7, 11) is 0. The molecule has 0 fully saturated rings. The highest BCUT2D eigenvalue weighted by molar-refractivity contribution is 6.11. The lowest BCUT2D eigenvalue weighted by atomic mass is 10.0. The second kappa shape index (κ2) is 12.0. The van der Waals surface area contributed by atoms with Gasteiger partial charge in [0.1, 0.15) is 23.0 Å². The first-order valence-electron chi connectivity index (χ1n) is 12.5. The van der Waals surface area contributed by atoms with Crippen molar-refractivity contribution in [1.82, 2.24) is 9.88 Å². The fourth-order valence-corrected chi connectivity index (χ4v) is 4.02. The molecule has 0 aliphatic carbocycles. The Morgan fingerprint density at radius 3 is 2.28 bits per heavy atom. The van der Waals surface area contributed by atoms with Crippen molar-refractivity contribution >= 4 is 23.5 Å². The molecule has 0 saturated heterocycles. The zero-order valence-corrected chi connectivity index (χ0v) is 22.2. The topological polar surface area (TPSA) is 120 Å². The third-order valence-corrected chi connectivity index (χ3v) is 6.08. The minimum atomic E-state index is -1.22. The molecule has 1 unspecified atom stereocenters. The number of ketones is 1. The van der Waals surface area contributed by atoms with Crippen LogP contribution in [0.4, 0.5) is 14.6 Å². The molecular formula is C29H31F2N3O5. The molecule has 206 valence electrons. The second-order valence-corrected chi connectivity index (χ2v) is 9.78. The smallest absolute Gasteiger partial charge is 0.331 e. The van der Waals surface area contributed by atoms with Crippen molar-refractivity contribution in [2.24, 2.45) is 0 Å². The Morgan fingerprint density at radius 1 is 1.03 bits per heavy atom. The molecule has 2 aromatic carbocycles. The van der Waals surface area contributed by atoms with Crippen LogP contribution in [0.1, 0.15) is 62.0 Å². The molecule has 1 amide bonds. The van der Waals surface area contributed by atoms with E-state index in [1.54, 1.807) is 45.0 Å². The molecular weight excluding hydrogens is 508 g/mol. The van der Waals surface area contributed by atoms with Crippen LogP contribution in [-0.2, 0) is 20.7 Å². The summed E-state index contributed by atoms with van der Waals surface area (Å²) in [5, 5.41) is 2.68. The predicted octanol–water partition coefficient (Wildman–Crippen LogP) is 4.10. The third-order valence-electron chi connectivity index (χ3n) is 6.08. The van der Waals surface area contributed by atoms with Crippen molar-refractivity contribution in [2.75, 3.05) is 5.73 Å². The zero-order chi connectivity index (χ0) is 28.9. The average molecular weight is 540 g/mol. The van der Waals surface area contributed by atoms with Gasteiger partial charge in [-0.15, -0.1) is 0 Å². The number of nitrogens with two attached hydrogens (primary N) is 1. The molecule has 8 nitrogen and oxygen atoms in total. The minimum Gasteiger partial charge on any atom is -0.461 e. The van der Waals surface area contributed by atoms with Crippen molar-refractivity contribution in [3.63, 3.8) is 0 Å². The SMILES string of the molecule is CCCC(C)OC(=O)C(C)(C)NC(=O)Cc1ccc(-n2c(N)c(C(=O)c3ccc(F)cc3F)ccc2=O)cc1. The number of carbonyl (C=O) groups excluding carboxylic acids is 3. The molecule has 1 aromatic heterocycles. The molecule has 1 heterocycles. The van der Waals surface area contributed by atoms with Gasteiger partial charge < -0.3 is 15.8 Å². The number of amides is 1. The summed E-state index contributed by atoms with van der Waals surface area (Å²) < 4.78 is 33.9. The molecule has 0 spiro atoms. The first-order valence-corrected chi connectivity index (χ1v) is 12.5. The lowest BCUT2D eigenvalue weighted by molar-refractivity contribution is -0.156. The van der Waals surface area contributed by atoms with E-state index in [0.717, 1.165) is 35.6 Å². The molecule has 10 heteroatoms. The largest absolute Gasteiger partial charge is 0.461 e. The Hall–Kier alpha value is -4.34. The highest BCUT2D eigenvalue weighted by atomic mass is 19.1. The molecule has 1 atom stereocenters. The van der Waals surface area contributed by atoms with Crippen LogP contribution < -0.4 is 16.6 Å². The van der Waals surface area contributed by atoms with E-state index < -0.39 is 40.4 Å². The van der Waals surface area contributed by atoms with Gasteiger partial charge in [0.05, 0.1) is 29.3 Å². The first kappa shape index (κ1) is 29.2. The van der Waals surface area contributed by atoms with Gasteiger partial charge in [0.15, 0.2) is 5.78 Å². The standard InChI is InChI=1S/C29H31F2N3O5/c1-5-6-17(2)39-28(38)29(3,4)33-24(35)15-18-7-10-20(11-8-18)34-25(36)14-13-22(27(34)32)26(37)21-12-9-19(30)16-23(21)31/h7-14,16-17H,5-6,15,32H2,1-4H3,(H,33,35).